The van der Waals surface area contributed by atoms with Crippen molar-refractivity contribution < 1.29 is 14.3 Å². The van der Waals surface area contributed by atoms with Crippen LogP contribution in [0.2, 0.25) is 0 Å². The maximum absolute atomic E-state index is 12.3. The monoisotopic (exact) mass is 412 g/mol. The molecule has 0 aliphatic carbocycles. The molecule has 0 aromatic heterocycles. The highest BCUT2D eigenvalue weighted by Gasteiger charge is 2.06. The normalized spacial score (nSPS) is 10.3. The van der Waals surface area contributed by atoms with Crippen LogP contribution in [0.3, 0.4) is 0 Å². The average Bonchev–Trinajstić information content (AvgIpc) is 2.78. The number of anilines is 1. The lowest BCUT2D eigenvalue weighted by molar-refractivity contribution is -0.114. The third-order valence-corrected chi connectivity index (χ3v) is 4.21. The van der Waals surface area contributed by atoms with Gasteiger partial charge in [0.25, 0.3) is 5.91 Å². The molecule has 3 rings (SSSR count). The Bertz CT molecular complexity index is 1150. The predicted molar refractivity (Wildman–Crippen MR) is 118 cm³/mol. The number of hydrazone groups is 1. The molecular formula is C24H20N4O3. The molecule has 154 valence electrons. The first-order chi connectivity index (χ1) is 15.0. The number of hydrogen-bond acceptors (Lipinski definition) is 5. The smallest absolute Gasteiger partial charge is 0.271 e. The van der Waals surface area contributed by atoms with Crippen molar-refractivity contribution in [3.63, 3.8) is 0 Å². The van der Waals surface area contributed by atoms with Crippen LogP contribution in [0.15, 0.2) is 77.9 Å². The van der Waals surface area contributed by atoms with E-state index >= 15 is 0 Å². The largest absolute Gasteiger partial charge is 0.488 e. The van der Waals surface area contributed by atoms with E-state index in [9.17, 15) is 9.59 Å². The summed E-state index contributed by atoms with van der Waals surface area (Å²) in [6.45, 7) is 1.73. The van der Waals surface area contributed by atoms with Crippen molar-refractivity contribution in [2.24, 2.45) is 5.10 Å². The van der Waals surface area contributed by atoms with Crippen LogP contribution in [0, 0.1) is 11.3 Å². The molecule has 0 bridgehead atoms. The zero-order chi connectivity index (χ0) is 22.1. The summed E-state index contributed by atoms with van der Waals surface area (Å²) < 4.78 is 5.86. The molecule has 3 aromatic carbocycles. The zero-order valence-electron chi connectivity index (χ0n) is 16.8. The Morgan fingerprint density at radius 3 is 2.58 bits per heavy atom. The van der Waals surface area contributed by atoms with Crippen LogP contribution in [0.5, 0.6) is 5.75 Å². The van der Waals surface area contributed by atoms with Gasteiger partial charge in [-0.05, 0) is 48.0 Å². The number of ether oxygens (including phenoxy) is 1. The molecule has 0 atom stereocenters. The Balaban J connectivity index is 1.62. The highest BCUT2D eigenvalue weighted by atomic mass is 16.5. The van der Waals surface area contributed by atoms with Crippen LogP contribution >= 0.6 is 0 Å². The number of amides is 2. The number of nitrogens with zero attached hydrogens (tertiary/aromatic N) is 2. The third-order valence-electron chi connectivity index (χ3n) is 4.21. The Kier molecular flexibility index (Phi) is 7.12. The number of benzene rings is 3. The standard InChI is InChI=1S/C24H20N4O3/c1-17(29)27-22-7-4-6-20(13-22)24(30)28-26-15-21-5-2-3-8-23(21)31-16-19-11-9-18(14-25)10-12-19/h2-13,15H,16H2,1H3,(H,27,29)(H,28,30)/b26-15-. The summed E-state index contributed by atoms with van der Waals surface area (Å²) in [4.78, 5) is 23.5. The average molecular weight is 412 g/mol. The fourth-order valence-corrected chi connectivity index (χ4v) is 2.72. The molecule has 3 aromatic rings. The molecule has 2 N–H and O–H groups in total. The lowest BCUT2D eigenvalue weighted by atomic mass is 10.1. The Labute approximate surface area is 180 Å². The van der Waals surface area contributed by atoms with Gasteiger partial charge < -0.3 is 10.1 Å². The molecule has 0 heterocycles. The number of carbonyl (C=O) groups is 2. The van der Waals surface area contributed by atoms with Gasteiger partial charge in [-0.2, -0.15) is 10.4 Å². The van der Waals surface area contributed by atoms with Crippen molar-refractivity contribution in [2.45, 2.75) is 13.5 Å². The molecule has 2 amide bonds. The molecule has 31 heavy (non-hydrogen) atoms. The lowest BCUT2D eigenvalue weighted by Crippen LogP contribution is -2.18. The van der Waals surface area contributed by atoms with E-state index in [4.69, 9.17) is 10.00 Å². The molecule has 0 aliphatic rings. The summed E-state index contributed by atoms with van der Waals surface area (Å²) in [5.41, 5.74) is 5.59. The van der Waals surface area contributed by atoms with E-state index < -0.39 is 5.91 Å². The molecule has 0 saturated carbocycles. The van der Waals surface area contributed by atoms with Crippen LogP contribution in [0.4, 0.5) is 5.69 Å². The summed E-state index contributed by atoms with van der Waals surface area (Å²) in [6, 6.07) is 23.1. The van der Waals surface area contributed by atoms with Gasteiger partial charge in [-0.25, -0.2) is 5.43 Å². The maximum Gasteiger partial charge on any atom is 0.271 e. The molecule has 7 nitrogen and oxygen atoms in total. The van der Waals surface area contributed by atoms with Crippen molar-refractivity contribution in [2.75, 3.05) is 5.32 Å². The van der Waals surface area contributed by atoms with Crippen LogP contribution < -0.4 is 15.5 Å². The van der Waals surface area contributed by atoms with Crippen molar-refractivity contribution in [3.05, 3.63) is 95.1 Å². The summed E-state index contributed by atoms with van der Waals surface area (Å²) in [5, 5.41) is 15.5. The van der Waals surface area contributed by atoms with Gasteiger partial charge in [0.2, 0.25) is 5.91 Å². The summed E-state index contributed by atoms with van der Waals surface area (Å²) in [5.74, 6) is -0.00913. The summed E-state index contributed by atoms with van der Waals surface area (Å²) >= 11 is 0. The van der Waals surface area contributed by atoms with Crippen LogP contribution in [0.1, 0.15) is 34.0 Å². The van der Waals surface area contributed by atoms with Gasteiger partial charge in [0.05, 0.1) is 17.8 Å². The second kappa shape index (κ2) is 10.4. The molecule has 0 aliphatic heterocycles. The maximum atomic E-state index is 12.3. The first kappa shape index (κ1) is 21.3. The minimum Gasteiger partial charge on any atom is -0.488 e. The highest BCUT2D eigenvalue weighted by Crippen LogP contribution is 2.18. The fraction of sp³-hybridized carbons (Fsp3) is 0.0833. The second-order valence-electron chi connectivity index (χ2n) is 6.60. The molecular weight excluding hydrogens is 392 g/mol. The van der Waals surface area contributed by atoms with Gasteiger partial charge in [-0.3, -0.25) is 9.59 Å². The number of nitrogens with one attached hydrogen (secondary N) is 2. The Hall–Kier alpha value is -4.44. The Morgan fingerprint density at radius 2 is 1.84 bits per heavy atom. The first-order valence-corrected chi connectivity index (χ1v) is 9.47. The van der Waals surface area contributed by atoms with E-state index in [0.717, 1.165) is 5.56 Å². The summed E-state index contributed by atoms with van der Waals surface area (Å²) in [7, 11) is 0. The highest BCUT2D eigenvalue weighted by molar-refractivity contribution is 5.97. The third kappa shape index (κ3) is 6.27. The second-order valence-corrected chi connectivity index (χ2v) is 6.60. The number of carbonyl (C=O) groups excluding carboxylic acids is 2. The number of hydrogen-bond donors (Lipinski definition) is 2. The Morgan fingerprint density at radius 1 is 1.06 bits per heavy atom. The van der Waals surface area contributed by atoms with E-state index in [1.54, 1.807) is 36.4 Å². The van der Waals surface area contributed by atoms with Gasteiger partial charge in [-0.1, -0.05) is 30.3 Å². The predicted octanol–water partition coefficient (Wildman–Crippen LogP) is 3.86. The fourth-order valence-electron chi connectivity index (χ4n) is 2.72. The molecule has 0 fully saturated rings. The van der Waals surface area contributed by atoms with Gasteiger partial charge in [0.1, 0.15) is 12.4 Å². The van der Waals surface area contributed by atoms with Crippen LogP contribution in [-0.2, 0) is 11.4 Å². The van der Waals surface area contributed by atoms with Gasteiger partial charge in [0.15, 0.2) is 0 Å². The topological polar surface area (TPSA) is 104 Å². The first-order valence-electron chi connectivity index (χ1n) is 9.47. The van der Waals surface area contributed by atoms with Crippen LogP contribution in [-0.4, -0.2) is 18.0 Å². The zero-order valence-corrected chi connectivity index (χ0v) is 16.8. The molecule has 0 spiro atoms. The molecule has 0 saturated heterocycles. The van der Waals surface area contributed by atoms with E-state index in [-0.39, 0.29) is 5.91 Å². The number of rotatable bonds is 7. The van der Waals surface area contributed by atoms with Crippen molar-refractivity contribution in [1.82, 2.24) is 5.43 Å². The van der Waals surface area contributed by atoms with Crippen molar-refractivity contribution in [1.29, 1.82) is 5.26 Å². The minimum absolute atomic E-state index is 0.215. The number of para-hydroxylation sites is 1. The van der Waals surface area contributed by atoms with Gasteiger partial charge in [0, 0.05) is 23.7 Å². The quantitative estimate of drug-likeness (QED) is 0.454. The van der Waals surface area contributed by atoms with Gasteiger partial charge in [-0.15, -0.1) is 0 Å². The minimum atomic E-state index is -0.403. The van der Waals surface area contributed by atoms with Crippen molar-refractivity contribution in [3.8, 4) is 11.8 Å². The van der Waals surface area contributed by atoms with E-state index in [1.807, 2.05) is 36.4 Å². The van der Waals surface area contributed by atoms with E-state index in [1.165, 1.54) is 13.1 Å². The van der Waals surface area contributed by atoms with E-state index in [2.05, 4.69) is 21.9 Å². The molecule has 0 unspecified atom stereocenters. The SMILES string of the molecule is CC(=O)Nc1cccc(C(=O)N/N=C\c2ccccc2OCc2ccc(C#N)cc2)c1. The lowest BCUT2D eigenvalue weighted by Gasteiger charge is -2.09. The summed E-state index contributed by atoms with van der Waals surface area (Å²) in [6.07, 6.45) is 1.50. The molecule has 0 radical (unpaired) electrons. The van der Waals surface area contributed by atoms with Crippen LogP contribution in [0.25, 0.3) is 0 Å². The van der Waals surface area contributed by atoms with E-state index in [0.29, 0.717) is 34.7 Å². The molecule has 7 heteroatoms. The van der Waals surface area contributed by atoms with Crippen molar-refractivity contribution >= 4 is 23.7 Å². The van der Waals surface area contributed by atoms with Gasteiger partial charge >= 0.3 is 0 Å². The number of nitriles is 1.